The van der Waals surface area contributed by atoms with Crippen molar-refractivity contribution in [3.63, 3.8) is 0 Å². The van der Waals surface area contributed by atoms with E-state index < -0.39 is 0 Å². The van der Waals surface area contributed by atoms with Gasteiger partial charge in [-0.15, -0.1) is 0 Å². The Labute approximate surface area is 185 Å². The van der Waals surface area contributed by atoms with E-state index in [2.05, 4.69) is 59.2 Å². The van der Waals surface area contributed by atoms with E-state index in [9.17, 15) is 4.79 Å². The molecule has 0 aliphatic carbocycles. The summed E-state index contributed by atoms with van der Waals surface area (Å²) in [5.41, 5.74) is 7.20. The molecule has 1 aliphatic rings. The second-order valence-electron chi connectivity index (χ2n) is 8.07. The van der Waals surface area contributed by atoms with Gasteiger partial charge in [-0.3, -0.25) is 0 Å². The number of esters is 1. The van der Waals surface area contributed by atoms with Crippen molar-refractivity contribution in [2.45, 2.75) is 13.2 Å². The Morgan fingerprint density at radius 1 is 0.906 bits per heavy atom. The van der Waals surface area contributed by atoms with Crippen LogP contribution in [0.1, 0.15) is 21.5 Å². The standard InChI is InChI=1S/C28H21NO3/c1-31-20-13-11-19(12-14-20)26-24-17-32-28(30)23(24)15-22-21-9-5-6-10-25(21)29(27(22)26)16-18-7-3-2-4-8-18/h2-15H,16-17H2,1H3. The summed E-state index contributed by atoms with van der Waals surface area (Å²) in [6.45, 7) is 1.03. The third-order valence-electron chi connectivity index (χ3n) is 6.29. The van der Waals surface area contributed by atoms with Crippen molar-refractivity contribution in [1.82, 2.24) is 4.57 Å². The van der Waals surface area contributed by atoms with Crippen LogP contribution in [-0.2, 0) is 17.9 Å². The molecule has 0 fully saturated rings. The molecule has 32 heavy (non-hydrogen) atoms. The number of fused-ring (bicyclic) bond motifs is 4. The van der Waals surface area contributed by atoms with E-state index in [1.165, 1.54) is 5.56 Å². The maximum Gasteiger partial charge on any atom is 0.338 e. The Bertz CT molecular complexity index is 1480. The van der Waals surface area contributed by atoms with Crippen LogP contribution in [-0.4, -0.2) is 17.6 Å². The molecule has 0 N–H and O–H groups in total. The first-order chi connectivity index (χ1) is 15.7. The first-order valence-corrected chi connectivity index (χ1v) is 10.7. The number of benzene rings is 4. The molecular formula is C28H21NO3. The Kier molecular flexibility index (Phi) is 4.25. The minimum absolute atomic E-state index is 0.253. The van der Waals surface area contributed by atoms with E-state index in [1.54, 1.807) is 7.11 Å². The van der Waals surface area contributed by atoms with Gasteiger partial charge < -0.3 is 14.0 Å². The van der Waals surface area contributed by atoms with Gasteiger partial charge in [-0.25, -0.2) is 4.79 Å². The third kappa shape index (κ3) is 2.80. The number of rotatable bonds is 4. The van der Waals surface area contributed by atoms with Gasteiger partial charge in [-0.2, -0.15) is 0 Å². The average molecular weight is 419 g/mol. The lowest BCUT2D eigenvalue weighted by molar-refractivity contribution is 0.0535. The van der Waals surface area contributed by atoms with Crippen LogP contribution < -0.4 is 4.74 Å². The van der Waals surface area contributed by atoms with Crippen LogP contribution in [0.3, 0.4) is 0 Å². The van der Waals surface area contributed by atoms with Crippen LogP contribution in [0.25, 0.3) is 32.9 Å². The van der Waals surface area contributed by atoms with Crippen LogP contribution >= 0.6 is 0 Å². The van der Waals surface area contributed by atoms with E-state index in [0.717, 1.165) is 50.8 Å². The summed E-state index contributed by atoms with van der Waals surface area (Å²) < 4.78 is 13.2. The zero-order valence-corrected chi connectivity index (χ0v) is 17.7. The average Bonchev–Trinajstić information content (AvgIpc) is 3.37. The fourth-order valence-corrected chi connectivity index (χ4v) is 4.80. The summed E-state index contributed by atoms with van der Waals surface area (Å²) in [6, 6.07) is 28.9. The fraction of sp³-hybridized carbons (Fsp3) is 0.107. The molecule has 4 aromatic carbocycles. The highest BCUT2D eigenvalue weighted by atomic mass is 16.5. The smallest absolute Gasteiger partial charge is 0.338 e. The number of carbonyl (C=O) groups excluding carboxylic acids is 1. The molecular weight excluding hydrogens is 398 g/mol. The van der Waals surface area contributed by atoms with Gasteiger partial charge in [0.15, 0.2) is 0 Å². The number of methoxy groups -OCH3 is 1. The van der Waals surface area contributed by atoms with Gasteiger partial charge in [0.05, 0.1) is 18.2 Å². The van der Waals surface area contributed by atoms with Crippen molar-refractivity contribution < 1.29 is 14.3 Å². The maximum absolute atomic E-state index is 12.6. The molecule has 1 aromatic heterocycles. The highest BCUT2D eigenvalue weighted by molar-refractivity contribution is 6.16. The molecule has 0 saturated carbocycles. The summed E-state index contributed by atoms with van der Waals surface area (Å²) in [6.07, 6.45) is 0. The van der Waals surface area contributed by atoms with Crippen molar-refractivity contribution in [1.29, 1.82) is 0 Å². The predicted molar refractivity (Wildman–Crippen MR) is 126 cm³/mol. The number of ether oxygens (including phenoxy) is 2. The SMILES string of the molecule is COc1ccc(-c2c3c(cc4c5ccccc5n(Cc5ccccc5)c24)C(=O)OC3)cc1. The van der Waals surface area contributed by atoms with Crippen LogP contribution in [0.4, 0.5) is 0 Å². The van der Waals surface area contributed by atoms with Crippen molar-refractivity contribution in [2.24, 2.45) is 0 Å². The molecule has 0 saturated heterocycles. The normalized spacial score (nSPS) is 12.8. The Balaban J connectivity index is 1.73. The van der Waals surface area contributed by atoms with Gasteiger partial charge in [-0.05, 0) is 35.4 Å². The lowest BCUT2D eigenvalue weighted by Crippen LogP contribution is -2.02. The molecule has 2 heterocycles. The van der Waals surface area contributed by atoms with Crippen molar-refractivity contribution >= 4 is 27.8 Å². The summed E-state index contributed by atoms with van der Waals surface area (Å²) in [7, 11) is 1.66. The first-order valence-electron chi connectivity index (χ1n) is 10.7. The topological polar surface area (TPSA) is 40.5 Å². The summed E-state index contributed by atoms with van der Waals surface area (Å²) in [5, 5.41) is 2.20. The minimum atomic E-state index is -0.253. The predicted octanol–water partition coefficient (Wildman–Crippen LogP) is 6.19. The van der Waals surface area contributed by atoms with Crippen molar-refractivity contribution in [3.8, 4) is 16.9 Å². The van der Waals surface area contributed by atoms with Crippen LogP contribution in [0.15, 0.2) is 84.9 Å². The van der Waals surface area contributed by atoms with E-state index in [0.29, 0.717) is 12.2 Å². The molecule has 156 valence electrons. The minimum Gasteiger partial charge on any atom is -0.497 e. The molecule has 0 bridgehead atoms. The van der Waals surface area contributed by atoms with Gasteiger partial charge >= 0.3 is 5.97 Å². The van der Waals surface area contributed by atoms with Crippen LogP contribution in [0.2, 0.25) is 0 Å². The number of hydrogen-bond donors (Lipinski definition) is 0. The van der Waals surface area contributed by atoms with Gasteiger partial charge in [-0.1, -0.05) is 60.7 Å². The molecule has 4 nitrogen and oxygen atoms in total. The molecule has 0 radical (unpaired) electrons. The zero-order valence-electron chi connectivity index (χ0n) is 17.7. The lowest BCUT2D eigenvalue weighted by atomic mass is 9.93. The van der Waals surface area contributed by atoms with E-state index in [4.69, 9.17) is 9.47 Å². The Morgan fingerprint density at radius 3 is 2.44 bits per heavy atom. The summed E-state index contributed by atoms with van der Waals surface area (Å²) in [4.78, 5) is 12.6. The molecule has 0 atom stereocenters. The fourth-order valence-electron chi connectivity index (χ4n) is 4.80. The molecule has 5 aromatic rings. The van der Waals surface area contributed by atoms with E-state index >= 15 is 0 Å². The van der Waals surface area contributed by atoms with Gasteiger partial charge in [0.1, 0.15) is 12.4 Å². The van der Waals surface area contributed by atoms with Gasteiger partial charge in [0, 0.05) is 34.0 Å². The van der Waals surface area contributed by atoms with Gasteiger partial charge in [0.25, 0.3) is 0 Å². The number of para-hydroxylation sites is 1. The van der Waals surface area contributed by atoms with Crippen LogP contribution in [0.5, 0.6) is 5.75 Å². The second-order valence-corrected chi connectivity index (χ2v) is 8.07. The molecule has 6 rings (SSSR count). The monoisotopic (exact) mass is 419 g/mol. The molecule has 4 heteroatoms. The molecule has 0 amide bonds. The Hall–Kier alpha value is -4.05. The van der Waals surface area contributed by atoms with E-state index in [1.807, 2.05) is 30.3 Å². The van der Waals surface area contributed by atoms with Crippen molar-refractivity contribution in [3.05, 3.63) is 102 Å². The quantitative estimate of drug-likeness (QED) is 0.326. The largest absolute Gasteiger partial charge is 0.497 e. The van der Waals surface area contributed by atoms with Gasteiger partial charge in [0.2, 0.25) is 0 Å². The number of cyclic esters (lactones) is 1. The van der Waals surface area contributed by atoms with E-state index in [-0.39, 0.29) is 5.97 Å². The third-order valence-corrected chi connectivity index (χ3v) is 6.29. The maximum atomic E-state index is 12.6. The summed E-state index contributed by atoms with van der Waals surface area (Å²) in [5.74, 6) is 0.547. The molecule has 0 unspecified atom stereocenters. The highest BCUT2D eigenvalue weighted by Gasteiger charge is 2.29. The summed E-state index contributed by atoms with van der Waals surface area (Å²) >= 11 is 0. The van der Waals surface area contributed by atoms with Crippen LogP contribution in [0, 0.1) is 0 Å². The molecule has 1 aliphatic heterocycles. The number of aromatic nitrogens is 1. The first kappa shape index (κ1) is 18.7. The number of carbonyl (C=O) groups is 1. The highest BCUT2D eigenvalue weighted by Crippen LogP contribution is 2.42. The number of hydrogen-bond acceptors (Lipinski definition) is 3. The second kappa shape index (κ2) is 7.27. The lowest BCUT2D eigenvalue weighted by Gasteiger charge is -2.15. The molecule has 0 spiro atoms. The van der Waals surface area contributed by atoms with Crippen molar-refractivity contribution in [2.75, 3.05) is 7.11 Å². The Morgan fingerprint density at radius 2 is 1.66 bits per heavy atom. The number of nitrogens with zero attached hydrogens (tertiary/aromatic N) is 1. The zero-order chi connectivity index (χ0) is 21.7.